The number of hydrogen-bond acceptors (Lipinski definition) is 11. The van der Waals surface area contributed by atoms with Gasteiger partial charge in [0.25, 0.3) is 0 Å². The van der Waals surface area contributed by atoms with Gasteiger partial charge in [0.2, 0.25) is 18.2 Å². The average molecular weight is 751 g/mol. The van der Waals surface area contributed by atoms with E-state index in [1.807, 2.05) is 6.07 Å². The van der Waals surface area contributed by atoms with E-state index in [4.69, 9.17) is 19.2 Å². The van der Waals surface area contributed by atoms with Crippen LogP contribution < -0.4 is 25.4 Å². The Kier molecular flexibility index (Phi) is 11.1. The number of carboxylic acids is 1. The van der Waals surface area contributed by atoms with Gasteiger partial charge in [-0.3, -0.25) is 14.4 Å². The van der Waals surface area contributed by atoms with E-state index >= 15 is 0 Å². The van der Waals surface area contributed by atoms with Gasteiger partial charge in [-0.15, -0.1) is 0 Å². The van der Waals surface area contributed by atoms with E-state index in [2.05, 4.69) is 20.9 Å². The number of aromatic nitrogens is 2. The highest BCUT2D eigenvalue weighted by molar-refractivity contribution is 7.19. The quantitative estimate of drug-likeness (QED) is 0.229. The molecule has 16 heteroatoms. The summed E-state index contributed by atoms with van der Waals surface area (Å²) in [6.45, 7) is 5.20. The molecule has 4 amide bonds. The molecular weight excluding hydrogens is 705 g/mol. The molecule has 1 saturated carbocycles. The Morgan fingerprint density at radius 3 is 2.58 bits per heavy atom. The molecule has 4 unspecified atom stereocenters. The van der Waals surface area contributed by atoms with Crippen molar-refractivity contribution in [1.82, 2.24) is 25.5 Å². The largest absolute Gasteiger partial charge is 0.497 e. The highest BCUT2D eigenvalue weighted by Gasteiger charge is 2.62. The second-order valence-corrected chi connectivity index (χ2v) is 15.9. The van der Waals surface area contributed by atoms with Crippen molar-refractivity contribution in [2.45, 2.75) is 108 Å². The number of pyridine rings is 1. The van der Waals surface area contributed by atoms with Gasteiger partial charge in [0.1, 0.15) is 40.8 Å². The van der Waals surface area contributed by atoms with Gasteiger partial charge in [-0.05, 0) is 58.1 Å². The van der Waals surface area contributed by atoms with Crippen molar-refractivity contribution in [1.29, 1.82) is 0 Å². The van der Waals surface area contributed by atoms with Crippen LogP contribution in [0.2, 0.25) is 0 Å². The number of ether oxygens (including phenoxy) is 3. The summed E-state index contributed by atoms with van der Waals surface area (Å²) in [7, 11) is 1.55. The molecule has 0 spiro atoms. The zero-order valence-electron chi connectivity index (χ0n) is 30.3. The molecule has 284 valence electrons. The number of amides is 4. The lowest BCUT2D eigenvalue weighted by atomic mass is 10.0. The van der Waals surface area contributed by atoms with Gasteiger partial charge in [-0.2, -0.15) is 0 Å². The van der Waals surface area contributed by atoms with Crippen molar-refractivity contribution < 1.29 is 43.3 Å². The summed E-state index contributed by atoms with van der Waals surface area (Å²) in [5.74, 6) is -1.33. The van der Waals surface area contributed by atoms with Crippen molar-refractivity contribution in [2.24, 2.45) is 5.92 Å². The molecule has 4 heterocycles. The second kappa shape index (κ2) is 15.5. The van der Waals surface area contributed by atoms with Crippen LogP contribution in [-0.4, -0.2) is 93.2 Å². The molecule has 15 nitrogen and oxygen atoms in total. The maximum absolute atomic E-state index is 14.4. The Morgan fingerprint density at radius 2 is 1.87 bits per heavy atom. The molecule has 2 aromatic heterocycles. The molecule has 1 aliphatic carbocycles. The molecule has 6 rings (SSSR count). The number of nitrogens with one attached hydrogen (secondary N) is 3. The molecule has 3 aromatic rings. The fourth-order valence-corrected chi connectivity index (χ4v) is 7.95. The first-order valence-corrected chi connectivity index (χ1v) is 18.8. The summed E-state index contributed by atoms with van der Waals surface area (Å²) >= 11 is 1.23. The highest BCUT2D eigenvalue weighted by atomic mass is 32.1. The summed E-state index contributed by atoms with van der Waals surface area (Å²) in [5.41, 5.74) is -1.11. The fraction of sp³-hybridized carbons (Fsp3) is 0.541. The number of thiazole rings is 1. The fourth-order valence-electron chi connectivity index (χ4n) is 7.22. The molecule has 2 saturated heterocycles. The first-order valence-electron chi connectivity index (χ1n) is 18.0. The summed E-state index contributed by atoms with van der Waals surface area (Å²) < 4.78 is 17.6. The summed E-state index contributed by atoms with van der Waals surface area (Å²) in [6.07, 6.45) is 6.25. The van der Waals surface area contributed by atoms with Gasteiger partial charge in [0.05, 0.1) is 29.7 Å². The predicted octanol–water partition coefficient (Wildman–Crippen LogP) is 4.88. The van der Waals surface area contributed by atoms with Crippen LogP contribution in [-0.2, 0) is 23.9 Å². The van der Waals surface area contributed by atoms with Crippen molar-refractivity contribution >= 4 is 57.7 Å². The maximum Gasteiger partial charge on any atom is 0.408 e. The van der Waals surface area contributed by atoms with Gasteiger partial charge < -0.3 is 40.2 Å². The number of carbonyl (C=O) groups is 5. The number of anilines is 1. The minimum absolute atomic E-state index is 0.00379. The smallest absolute Gasteiger partial charge is 0.408 e. The number of rotatable bonds is 8. The summed E-state index contributed by atoms with van der Waals surface area (Å²) in [6, 6.07) is 5.04. The monoisotopic (exact) mass is 750 g/mol. The third-order valence-electron chi connectivity index (χ3n) is 9.93. The molecule has 3 fully saturated rings. The van der Waals surface area contributed by atoms with Gasteiger partial charge >= 0.3 is 12.1 Å². The van der Waals surface area contributed by atoms with E-state index in [-0.39, 0.29) is 18.9 Å². The summed E-state index contributed by atoms with van der Waals surface area (Å²) in [5, 5.41) is 19.4. The highest BCUT2D eigenvalue weighted by Crippen LogP contribution is 2.47. The molecule has 0 radical (unpaired) electrons. The number of aliphatic carboxylic acids is 1. The van der Waals surface area contributed by atoms with Crippen LogP contribution in [0.4, 0.5) is 9.93 Å². The second-order valence-electron chi connectivity index (χ2n) is 14.9. The van der Waals surface area contributed by atoms with Crippen LogP contribution in [0.3, 0.4) is 0 Å². The van der Waals surface area contributed by atoms with Crippen LogP contribution in [0.25, 0.3) is 21.5 Å². The number of methoxy groups -OCH3 is 1. The molecule has 1 aromatic carbocycles. The van der Waals surface area contributed by atoms with E-state index in [0.717, 1.165) is 25.7 Å². The Labute approximate surface area is 311 Å². The van der Waals surface area contributed by atoms with Gasteiger partial charge in [0.15, 0.2) is 5.13 Å². The van der Waals surface area contributed by atoms with Gasteiger partial charge in [0, 0.05) is 30.1 Å². The number of carboxylic acid groups (broad SMARTS) is 1. The third-order valence-corrected chi connectivity index (χ3v) is 10.9. The number of nitrogens with zero attached hydrogens (tertiary/aromatic N) is 3. The zero-order chi connectivity index (χ0) is 37.9. The lowest BCUT2D eigenvalue weighted by Crippen LogP contribution is -2.56. The normalized spacial score (nSPS) is 25.2. The average Bonchev–Trinajstić information content (AvgIpc) is 3.38. The van der Waals surface area contributed by atoms with Crippen LogP contribution in [0.5, 0.6) is 11.5 Å². The maximum atomic E-state index is 14.4. The Morgan fingerprint density at radius 1 is 1.11 bits per heavy atom. The Balaban J connectivity index is 1.34. The molecule has 5 atom stereocenters. The number of fused-ring (bicyclic) bond motifs is 3. The first kappa shape index (κ1) is 37.8. The van der Waals surface area contributed by atoms with Crippen molar-refractivity contribution in [3.8, 4) is 22.1 Å². The lowest BCUT2D eigenvalue weighted by molar-refractivity contribution is -0.146. The number of benzene rings is 1. The van der Waals surface area contributed by atoms with Gasteiger partial charge in [-0.1, -0.05) is 43.4 Å². The molecule has 4 N–H and O–H groups in total. The lowest BCUT2D eigenvalue weighted by Gasteiger charge is -2.30. The zero-order valence-corrected chi connectivity index (χ0v) is 31.1. The van der Waals surface area contributed by atoms with Crippen LogP contribution in [0.1, 0.15) is 78.6 Å². The van der Waals surface area contributed by atoms with E-state index in [9.17, 15) is 29.1 Å². The summed E-state index contributed by atoms with van der Waals surface area (Å²) in [4.78, 5) is 76.2. The predicted molar refractivity (Wildman–Crippen MR) is 196 cm³/mol. The minimum Gasteiger partial charge on any atom is -0.497 e. The molecule has 3 aliphatic rings. The van der Waals surface area contributed by atoms with E-state index in [0.29, 0.717) is 70.2 Å². The molecule has 0 bridgehead atoms. The molecular formula is C37H46N6O9S. The van der Waals surface area contributed by atoms with Gasteiger partial charge in [-0.25, -0.2) is 19.6 Å². The van der Waals surface area contributed by atoms with E-state index < -0.39 is 53.2 Å². The Bertz CT molecular complexity index is 1880. The standard InChI is InChI=1S/C37H46N6O9S/c1-36(2,3)52-35(49)41-25-11-9-7-5-6-8-10-21-17-37(21,33(47)48)42-31(45)28-15-23(19-43(28)32(25)46)51-29-16-27(30-18-38-34(53-30)39-20-44)40-26-14-22(50-4)12-13-24(26)29/h12-14,16,18,20-21,23,25,28H,5-11,15,17,19H2,1-4H3,(H,41,49)(H,42,45)(H,47,48)(H,38,39,44)/t21?,23-,25?,28?,37?/m1/s1. The molecule has 53 heavy (non-hydrogen) atoms. The van der Waals surface area contributed by atoms with Crippen molar-refractivity contribution in [3.05, 3.63) is 30.5 Å². The topological polar surface area (TPSA) is 198 Å². The third kappa shape index (κ3) is 8.64. The van der Waals surface area contributed by atoms with Crippen LogP contribution in [0.15, 0.2) is 30.5 Å². The number of alkyl carbamates (subject to hydrolysis) is 1. The van der Waals surface area contributed by atoms with E-state index in [1.165, 1.54) is 16.2 Å². The van der Waals surface area contributed by atoms with Crippen molar-refractivity contribution in [3.63, 3.8) is 0 Å². The van der Waals surface area contributed by atoms with Crippen molar-refractivity contribution in [2.75, 3.05) is 19.0 Å². The molecule has 2 aliphatic heterocycles. The first-order chi connectivity index (χ1) is 25.3. The Hall–Kier alpha value is -4.99. The number of carbonyl (C=O) groups excluding carboxylic acids is 4. The van der Waals surface area contributed by atoms with Crippen LogP contribution in [0, 0.1) is 5.92 Å². The SMILES string of the molecule is COc1ccc2c(O[C@@H]3CC4C(=O)NC5(C(=O)O)CC5CCCCCCCC(NC(=O)OC(C)(C)C)C(=O)N4C3)cc(-c3cnc(NC=O)s3)nc2c1. The van der Waals surface area contributed by atoms with Crippen LogP contribution >= 0.6 is 11.3 Å². The minimum atomic E-state index is -1.39. The van der Waals surface area contributed by atoms with E-state index in [1.54, 1.807) is 52.3 Å². The number of hydrogen-bond donors (Lipinski definition) is 4.